The van der Waals surface area contributed by atoms with E-state index in [9.17, 15) is 0 Å². The Morgan fingerprint density at radius 3 is 3.08 bits per heavy atom. The molecule has 0 saturated carbocycles. The molecule has 0 bridgehead atoms. The molecule has 0 aromatic rings. The van der Waals surface area contributed by atoms with Gasteiger partial charge in [0.1, 0.15) is 0 Å². The number of hydrogen-bond acceptors (Lipinski definition) is 2. The average Bonchev–Trinajstić information content (AvgIpc) is 2.18. The summed E-state index contributed by atoms with van der Waals surface area (Å²) in [6.07, 6.45) is 2.08. The molecular formula is C9H12Cl2N2. The van der Waals surface area contributed by atoms with Crippen molar-refractivity contribution >= 4 is 23.2 Å². The third kappa shape index (κ3) is 3.56. The van der Waals surface area contributed by atoms with Crippen LogP contribution in [0.4, 0.5) is 0 Å². The Balaban J connectivity index is 2.39. The molecule has 0 aliphatic carbocycles. The highest BCUT2D eigenvalue weighted by molar-refractivity contribution is 6.36. The van der Waals surface area contributed by atoms with Gasteiger partial charge < -0.3 is 0 Å². The summed E-state index contributed by atoms with van der Waals surface area (Å²) < 4.78 is 0. The Kier molecular flexibility index (Phi) is 4.58. The molecule has 1 saturated heterocycles. The molecule has 0 amide bonds. The predicted octanol–water partition coefficient (Wildman–Crippen LogP) is 2.54. The Labute approximate surface area is 88.7 Å². The predicted molar refractivity (Wildman–Crippen MR) is 54.6 cm³/mol. The van der Waals surface area contributed by atoms with Crippen molar-refractivity contribution in [1.82, 2.24) is 4.90 Å². The van der Waals surface area contributed by atoms with Crippen LogP contribution in [0.2, 0.25) is 0 Å². The Morgan fingerprint density at radius 1 is 1.69 bits per heavy atom. The highest BCUT2D eigenvalue weighted by Crippen LogP contribution is 2.17. The lowest BCUT2D eigenvalue weighted by molar-refractivity contribution is 0.217. The van der Waals surface area contributed by atoms with Crippen LogP contribution in [-0.2, 0) is 0 Å². The summed E-state index contributed by atoms with van der Waals surface area (Å²) in [6, 6.07) is 2.29. The Bertz CT molecular complexity index is 232. The maximum absolute atomic E-state index is 8.75. The number of rotatable bonds is 2. The van der Waals surface area contributed by atoms with E-state index in [-0.39, 0.29) is 5.92 Å². The van der Waals surface area contributed by atoms with Crippen LogP contribution in [0.3, 0.4) is 0 Å². The van der Waals surface area contributed by atoms with Crippen LogP contribution in [0.15, 0.2) is 10.6 Å². The Hall–Kier alpha value is -0.230. The molecule has 0 aromatic heterocycles. The minimum absolute atomic E-state index is 0.161. The van der Waals surface area contributed by atoms with Crippen LogP contribution in [0.1, 0.15) is 12.8 Å². The zero-order valence-corrected chi connectivity index (χ0v) is 8.85. The van der Waals surface area contributed by atoms with Gasteiger partial charge >= 0.3 is 0 Å². The van der Waals surface area contributed by atoms with Crippen molar-refractivity contribution < 1.29 is 0 Å². The second kappa shape index (κ2) is 5.49. The van der Waals surface area contributed by atoms with Crippen molar-refractivity contribution in [3.63, 3.8) is 0 Å². The van der Waals surface area contributed by atoms with Crippen LogP contribution < -0.4 is 0 Å². The van der Waals surface area contributed by atoms with Crippen LogP contribution >= 0.6 is 23.2 Å². The van der Waals surface area contributed by atoms with Gasteiger partial charge in [0.2, 0.25) is 0 Å². The van der Waals surface area contributed by atoms with E-state index in [0.717, 1.165) is 25.9 Å². The summed E-state index contributed by atoms with van der Waals surface area (Å²) >= 11 is 11.2. The summed E-state index contributed by atoms with van der Waals surface area (Å²) in [5, 5.41) is 9.39. The number of hydrogen-bond donors (Lipinski definition) is 0. The SMILES string of the molecule is N#CC1CCCN(C/C(Cl)=C\Cl)C1. The molecule has 1 aliphatic heterocycles. The van der Waals surface area contributed by atoms with E-state index in [2.05, 4.69) is 11.0 Å². The molecule has 1 unspecified atom stereocenters. The number of halogens is 2. The molecule has 1 aliphatic rings. The first-order valence-electron chi connectivity index (χ1n) is 4.33. The third-order valence-corrected chi connectivity index (χ3v) is 2.78. The first-order chi connectivity index (χ1) is 6.26. The van der Waals surface area contributed by atoms with Crippen LogP contribution in [0, 0.1) is 17.2 Å². The molecule has 1 atom stereocenters. The maximum atomic E-state index is 8.75. The summed E-state index contributed by atoms with van der Waals surface area (Å²) in [5.41, 5.74) is 1.39. The number of nitriles is 1. The topological polar surface area (TPSA) is 27.0 Å². The lowest BCUT2D eigenvalue weighted by atomic mass is 10.00. The molecule has 0 radical (unpaired) electrons. The van der Waals surface area contributed by atoms with E-state index in [1.165, 1.54) is 5.54 Å². The maximum Gasteiger partial charge on any atom is 0.0669 e. The van der Waals surface area contributed by atoms with Gasteiger partial charge in [-0.05, 0) is 19.4 Å². The second-order valence-corrected chi connectivity index (χ2v) is 3.96. The quantitative estimate of drug-likeness (QED) is 0.713. The van der Waals surface area contributed by atoms with Gasteiger partial charge in [-0.1, -0.05) is 23.2 Å². The van der Waals surface area contributed by atoms with Crippen LogP contribution in [-0.4, -0.2) is 24.5 Å². The van der Waals surface area contributed by atoms with Gasteiger partial charge in [-0.25, -0.2) is 0 Å². The van der Waals surface area contributed by atoms with Crippen molar-refractivity contribution in [3.8, 4) is 6.07 Å². The van der Waals surface area contributed by atoms with Gasteiger partial charge in [-0.3, -0.25) is 4.90 Å². The summed E-state index contributed by atoms with van der Waals surface area (Å²) in [6.45, 7) is 2.50. The molecule has 0 N–H and O–H groups in total. The fourth-order valence-electron chi connectivity index (χ4n) is 1.55. The van der Waals surface area contributed by atoms with Gasteiger partial charge in [0.15, 0.2) is 0 Å². The molecule has 72 valence electrons. The smallest absolute Gasteiger partial charge is 0.0669 e. The number of nitrogens with zero attached hydrogens (tertiary/aromatic N) is 2. The first kappa shape index (κ1) is 10.8. The first-order valence-corrected chi connectivity index (χ1v) is 5.14. The summed E-state index contributed by atoms with van der Waals surface area (Å²) in [5.74, 6) is 0.161. The van der Waals surface area contributed by atoms with E-state index < -0.39 is 0 Å². The van der Waals surface area contributed by atoms with Crippen LogP contribution in [0.5, 0.6) is 0 Å². The minimum Gasteiger partial charge on any atom is -0.297 e. The normalized spacial score (nSPS) is 25.6. The average molecular weight is 219 g/mol. The van der Waals surface area contributed by atoms with E-state index in [1.54, 1.807) is 0 Å². The number of likely N-dealkylation sites (tertiary alicyclic amines) is 1. The number of piperidine rings is 1. The Morgan fingerprint density at radius 2 is 2.46 bits per heavy atom. The van der Waals surface area contributed by atoms with Gasteiger partial charge in [0.25, 0.3) is 0 Å². The van der Waals surface area contributed by atoms with Gasteiger partial charge in [0, 0.05) is 23.7 Å². The zero-order chi connectivity index (χ0) is 9.68. The lowest BCUT2D eigenvalue weighted by Gasteiger charge is -2.28. The molecule has 1 fully saturated rings. The molecule has 1 heterocycles. The monoisotopic (exact) mass is 218 g/mol. The summed E-state index contributed by atoms with van der Waals surface area (Å²) in [7, 11) is 0. The van der Waals surface area contributed by atoms with Crippen molar-refractivity contribution in [2.45, 2.75) is 12.8 Å². The second-order valence-electron chi connectivity index (χ2n) is 3.26. The standard InChI is InChI=1S/C9H12Cl2N2/c10-4-9(11)7-13-3-1-2-8(5-12)6-13/h4,8H,1-3,6-7H2/b9-4+. The van der Waals surface area contributed by atoms with Crippen LogP contribution in [0.25, 0.3) is 0 Å². The molecule has 4 heteroatoms. The molecule has 0 aromatic carbocycles. The van der Waals surface area contributed by atoms with Crippen molar-refractivity contribution in [3.05, 3.63) is 10.6 Å². The lowest BCUT2D eigenvalue weighted by Crippen LogP contribution is -2.35. The van der Waals surface area contributed by atoms with Gasteiger partial charge in [-0.15, -0.1) is 0 Å². The molecule has 0 spiro atoms. The third-order valence-electron chi connectivity index (χ3n) is 2.18. The minimum atomic E-state index is 0.161. The van der Waals surface area contributed by atoms with Crippen molar-refractivity contribution in [2.24, 2.45) is 5.92 Å². The van der Waals surface area contributed by atoms with E-state index >= 15 is 0 Å². The molecule has 13 heavy (non-hydrogen) atoms. The summed E-state index contributed by atoms with van der Waals surface area (Å²) in [4.78, 5) is 2.17. The van der Waals surface area contributed by atoms with E-state index in [4.69, 9.17) is 28.5 Å². The molecular weight excluding hydrogens is 207 g/mol. The highest BCUT2D eigenvalue weighted by atomic mass is 35.5. The van der Waals surface area contributed by atoms with E-state index in [0.29, 0.717) is 11.6 Å². The van der Waals surface area contributed by atoms with Crippen molar-refractivity contribution in [1.29, 1.82) is 5.26 Å². The van der Waals surface area contributed by atoms with Gasteiger partial charge in [0.05, 0.1) is 12.0 Å². The molecule has 2 nitrogen and oxygen atoms in total. The fourth-order valence-corrected chi connectivity index (χ4v) is 1.79. The largest absolute Gasteiger partial charge is 0.297 e. The van der Waals surface area contributed by atoms with Gasteiger partial charge in [-0.2, -0.15) is 5.26 Å². The zero-order valence-electron chi connectivity index (χ0n) is 7.34. The fraction of sp³-hybridized carbons (Fsp3) is 0.667. The van der Waals surface area contributed by atoms with E-state index in [1.807, 2.05) is 0 Å². The van der Waals surface area contributed by atoms with Crippen molar-refractivity contribution in [2.75, 3.05) is 19.6 Å². The highest BCUT2D eigenvalue weighted by Gasteiger charge is 2.19. The molecule has 1 rings (SSSR count).